The minimum Gasteiger partial charge on any atom is -0.379 e. The van der Waals surface area contributed by atoms with Crippen LogP contribution in [0.15, 0.2) is 24.3 Å². The molecule has 0 aliphatic carbocycles. The first-order chi connectivity index (χ1) is 13.1. The minimum absolute atomic E-state index is 0.0328. The third kappa shape index (κ3) is 5.92. The Balaban J connectivity index is 1.57. The van der Waals surface area contributed by atoms with Gasteiger partial charge in [-0.1, -0.05) is 29.8 Å². The number of aryl methyl sites for hydroxylation is 1. The topological polar surface area (TPSA) is 54.0 Å². The van der Waals surface area contributed by atoms with Crippen LogP contribution in [0, 0.1) is 6.92 Å². The monoisotopic (exact) mass is 375 g/mol. The van der Waals surface area contributed by atoms with E-state index in [0.29, 0.717) is 13.1 Å². The van der Waals surface area contributed by atoms with E-state index in [0.717, 1.165) is 45.8 Å². The lowest BCUT2D eigenvalue weighted by Gasteiger charge is -2.35. The SMILES string of the molecule is Cc1ccc(C(CNC(=O)N(C)CC2CCCCO2)N2CCOCC2)cc1. The molecule has 2 aliphatic rings. The number of rotatable bonds is 6. The molecule has 0 bridgehead atoms. The molecule has 1 aromatic rings. The number of carbonyl (C=O) groups is 1. The number of hydrogen-bond acceptors (Lipinski definition) is 4. The maximum absolute atomic E-state index is 12.6. The molecule has 2 unspecified atom stereocenters. The normalized spacial score (nSPS) is 22.2. The molecule has 1 N–H and O–H groups in total. The van der Waals surface area contributed by atoms with Crippen molar-refractivity contribution < 1.29 is 14.3 Å². The zero-order valence-corrected chi connectivity index (χ0v) is 16.7. The van der Waals surface area contributed by atoms with Crippen molar-refractivity contribution in [2.75, 3.05) is 53.0 Å². The molecule has 0 aromatic heterocycles. The van der Waals surface area contributed by atoms with Gasteiger partial charge in [-0.15, -0.1) is 0 Å². The van der Waals surface area contributed by atoms with E-state index >= 15 is 0 Å². The highest BCUT2D eigenvalue weighted by Gasteiger charge is 2.24. The van der Waals surface area contributed by atoms with Gasteiger partial charge >= 0.3 is 6.03 Å². The highest BCUT2D eigenvalue weighted by atomic mass is 16.5. The summed E-state index contributed by atoms with van der Waals surface area (Å²) in [5.41, 5.74) is 2.48. The zero-order valence-electron chi connectivity index (χ0n) is 16.7. The van der Waals surface area contributed by atoms with Crippen LogP contribution in [0.3, 0.4) is 0 Å². The number of amides is 2. The van der Waals surface area contributed by atoms with Crippen LogP contribution in [0.5, 0.6) is 0 Å². The first kappa shape index (κ1) is 20.1. The van der Waals surface area contributed by atoms with Gasteiger partial charge in [0.25, 0.3) is 0 Å². The van der Waals surface area contributed by atoms with Gasteiger partial charge in [-0.2, -0.15) is 0 Å². The van der Waals surface area contributed by atoms with Gasteiger partial charge in [0.1, 0.15) is 0 Å². The summed E-state index contributed by atoms with van der Waals surface area (Å²) in [6, 6.07) is 8.74. The molecule has 6 nitrogen and oxygen atoms in total. The Morgan fingerprint density at radius 2 is 1.96 bits per heavy atom. The Hall–Kier alpha value is -1.63. The molecule has 2 amide bonds. The number of ether oxygens (including phenoxy) is 2. The van der Waals surface area contributed by atoms with Crippen LogP contribution >= 0.6 is 0 Å². The van der Waals surface area contributed by atoms with E-state index in [1.165, 1.54) is 17.5 Å². The molecule has 2 heterocycles. The Kier molecular flexibility index (Phi) is 7.50. The van der Waals surface area contributed by atoms with E-state index in [4.69, 9.17) is 9.47 Å². The van der Waals surface area contributed by atoms with E-state index in [2.05, 4.69) is 41.4 Å². The molecule has 3 rings (SSSR count). The molecule has 2 fully saturated rings. The van der Waals surface area contributed by atoms with Crippen molar-refractivity contribution in [2.45, 2.75) is 38.3 Å². The summed E-state index contributed by atoms with van der Waals surface area (Å²) in [6.45, 7) is 7.42. The molecule has 0 radical (unpaired) electrons. The molecule has 1 aromatic carbocycles. The van der Waals surface area contributed by atoms with Gasteiger partial charge in [0.15, 0.2) is 0 Å². The summed E-state index contributed by atoms with van der Waals surface area (Å²) in [4.78, 5) is 16.8. The van der Waals surface area contributed by atoms with Crippen LogP contribution in [0.25, 0.3) is 0 Å². The fourth-order valence-electron chi connectivity index (χ4n) is 3.79. The molecule has 150 valence electrons. The molecule has 0 saturated carbocycles. The van der Waals surface area contributed by atoms with Gasteiger partial charge < -0.3 is 19.7 Å². The third-order valence-electron chi connectivity index (χ3n) is 5.49. The molecule has 2 atom stereocenters. The van der Waals surface area contributed by atoms with Gasteiger partial charge in [-0.05, 0) is 31.7 Å². The molecule has 2 aliphatic heterocycles. The Morgan fingerprint density at radius 3 is 2.63 bits per heavy atom. The second-order valence-corrected chi connectivity index (χ2v) is 7.63. The fourth-order valence-corrected chi connectivity index (χ4v) is 3.79. The predicted molar refractivity (Wildman–Crippen MR) is 106 cm³/mol. The van der Waals surface area contributed by atoms with Crippen molar-refractivity contribution >= 4 is 6.03 Å². The summed E-state index contributed by atoms with van der Waals surface area (Å²) in [5, 5.41) is 3.13. The van der Waals surface area contributed by atoms with Crippen LogP contribution in [0.4, 0.5) is 4.79 Å². The van der Waals surface area contributed by atoms with Crippen molar-refractivity contribution in [3.63, 3.8) is 0 Å². The molecule has 2 saturated heterocycles. The lowest BCUT2D eigenvalue weighted by molar-refractivity contribution is 0.00315. The molecule has 6 heteroatoms. The third-order valence-corrected chi connectivity index (χ3v) is 5.49. The lowest BCUT2D eigenvalue weighted by Crippen LogP contribution is -2.47. The average molecular weight is 376 g/mol. The van der Waals surface area contributed by atoms with E-state index in [9.17, 15) is 4.79 Å². The summed E-state index contributed by atoms with van der Waals surface area (Å²) in [5.74, 6) is 0. The Bertz CT molecular complexity index is 581. The standard InChI is InChI=1S/C21H33N3O3/c1-17-6-8-18(9-7-17)20(24-10-13-26-14-11-24)15-22-21(25)23(2)16-19-5-3-4-12-27-19/h6-9,19-20H,3-5,10-16H2,1-2H3,(H,22,25). The van der Waals surface area contributed by atoms with Gasteiger partial charge in [0, 0.05) is 39.8 Å². The van der Waals surface area contributed by atoms with Gasteiger partial charge in [-0.3, -0.25) is 4.90 Å². The molecular weight excluding hydrogens is 342 g/mol. The number of likely N-dealkylation sites (N-methyl/N-ethyl adjacent to an activating group) is 1. The molecule has 27 heavy (non-hydrogen) atoms. The van der Waals surface area contributed by atoms with E-state index in [1.54, 1.807) is 4.90 Å². The Labute approximate surface area is 162 Å². The quantitative estimate of drug-likeness (QED) is 0.830. The number of nitrogens with one attached hydrogen (secondary N) is 1. The van der Waals surface area contributed by atoms with Crippen molar-refractivity contribution in [2.24, 2.45) is 0 Å². The molecular formula is C21H33N3O3. The van der Waals surface area contributed by atoms with Crippen LogP contribution in [-0.4, -0.2) is 75.0 Å². The van der Waals surface area contributed by atoms with Crippen molar-refractivity contribution in [3.05, 3.63) is 35.4 Å². The van der Waals surface area contributed by atoms with E-state index < -0.39 is 0 Å². The fraction of sp³-hybridized carbons (Fsp3) is 0.667. The van der Waals surface area contributed by atoms with Gasteiger partial charge in [-0.25, -0.2) is 4.79 Å². The largest absolute Gasteiger partial charge is 0.379 e. The van der Waals surface area contributed by atoms with Crippen LogP contribution in [-0.2, 0) is 9.47 Å². The minimum atomic E-state index is -0.0328. The summed E-state index contributed by atoms with van der Waals surface area (Å²) in [7, 11) is 1.85. The summed E-state index contributed by atoms with van der Waals surface area (Å²) >= 11 is 0. The number of carbonyl (C=O) groups excluding carboxylic acids is 1. The van der Waals surface area contributed by atoms with Crippen molar-refractivity contribution in [3.8, 4) is 0 Å². The lowest BCUT2D eigenvalue weighted by atomic mass is 10.0. The molecule has 0 spiro atoms. The summed E-state index contributed by atoms with van der Waals surface area (Å²) < 4.78 is 11.3. The zero-order chi connectivity index (χ0) is 19.1. The second-order valence-electron chi connectivity index (χ2n) is 7.63. The first-order valence-electron chi connectivity index (χ1n) is 10.1. The summed E-state index contributed by atoms with van der Waals surface area (Å²) in [6.07, 6.45) is 3.52. The van der Waals surface area contributed by atoms with Gasteiger partial charge in [0.2, 0.25) is 0 Å². The first-order valence-corrected chi connectivity index (χ1v) is 10.1. The number of urea groups is 1. The van der Waals surface area contributed by atoms with Crippen molar-refractivity contribution in [1.82, 2.24) is 15.1 Å². The second kappa shape index (κ2) is 10.1. The van der Waals surface area contributed by atoms with Crippen LogP contribution in [0.2, 0.25) is 0 Å². The predicted octanol–water partition coefficient (Wildman–Crippen LogP) is 2.58. The van der Waals surface area contributed by atoms with Crippen LogP contribution in [0.1, 0.15) is 36.4 Å². The number of morpholine rings is 1. The highest BCUT2D eigenvalue weighted by molar-refractivity contribution is 5.73. The Morgan fingerprint density at radius 1 is 1.22 bits per heavy atom. The maximum atomic E-state index is 12.6. The van der Waals surface area contributed by atoms with E-state index in [1.807, 2.05) is 7.05 Å². The highest BCUT2D eigenvalue weighted by Crippen LogP contribution is 2.22. The number of hydrogen-bond donors (Lipinski definition) is 1. The van der Waals surface area contributed by atoms with Crippen molar-refractivity contribution in [1.29, 1.82) is 0 Å². The smallest absolute Gasteiger partial charge is 0.317 e. The van der Waals surface area contributed by atoms with E-state index in [-0.39, 0.29) is 18.2 Å². The van der Waals surface area contributed by atoms with Crippen LogP contribution < -0.4 is 5.32 Å². The maximum Gasteiger partial charge on any atom is 0.317 e. The number of nitrogens with zero attached hydrogens (tertiary/aromatic N) is 2. The number of benzene rings is 1. The average Bonchev–Trinajstić information content (AvgIpc) is 2.71. The van der Waals surface area contributed by atoms with Gasteiger partial charge in [0.05, 0.1) is 25.4 Å².